The molecule has 110 valence electrons. The summed E-state index contributed by atoms with van der Waals surface area (Å²) in [6.45, 7) is 5.64. The molecule has 0 fully saturated rings. The van der Waals surface area contributed by atoms with Gasteiger partial charge in [-0.25, -0.2) is 4.79 Å². The molecule has 5 nitrogen and oxygen atoms in total. The number of aliphatic carboxylic acids is 1. The summed E-state index contributed by atoms with van der Waals surface area (Å²) in [6.07, 6.45) is 1.10. The maximum atomic E-state index is 11.7. The van der Waals surface area contributed by atoms with Crippen molar-refractivity contribution in [2.75, 3.05) is 6.61 Å². The Hall–Kier alpha value is -2.04. The molecule has 0 unspecified atom stereocenters. The van der Waals surface area contributed by atoms with Crippen molar-refractivity contribution < 1.29 is 19.4 Å². The Kier molecular flexibility index (Phi) is 6.03. The molecule has 1 amide bonds. The highest BCUT2D eigenvalue weighted by Gasteiger charge is 2.18. The predicted molar refractivity (Wildman–Crippen MR) is 75.9 cm³/mol. The predicted octanol–water partition coefficient (Wildman–Crippen LogP) is 2.05. The van der Waals surface area contributed by atoms with Crippen LogP contribution >= 0.6 is 0 Å². The molecule has 1 rings (SSSR count). The molecular weight excluding hydrogens is 258 g/mol. The Bertz CT molecular complexity index is 485. The topological polar surface area (TPSA) is 75.6 Å². The molecule has 20 heavy (non-hydrogen) atoms. The van der Waals surface area contributed by atoms with Crippen molar-refractivity contribution in [2.45, 2.75) is 39.7 Å². The minimum absolute atomic E-state index is 0.185. The number of aryl methyl sites for hydroxylation is 2. The molecule has 1 aromatic rings. The Balaban J connectivity index is 2.50. The van der Waals surface area contributed by atoms with E-state index in [1.54, 1.807) is 6.07 Å². The normalized spacial score (nSPS) is 11.8. The zero-order valence-corrected chi connectivity index (χ0v) is 12.1. The van der Waals surface area contributed by atoms with Crippen LogP contribution in [0.2, 0.25) is 0 Å². The molecule has 0 aliphatic heterocycles. The van der Waals surface area contributed by atoms with Crippen LogP contribution in [0.5, 0.6) is 5.75 Å². The van der Waals surface area contributed by atoms with Gasteiger partial charge in [0.05, 0.1) is 0 Å². The number of carbonyl (C=O) groups excluding carboxylic acids is 1. The SMILES string of the molecule is CCC[C@@H](NC(=O)COc1ccc(C)c(C)c1)C(=O)O. The number of ether oxygens (including phenoxy) is 1. The van der Waals surface area contributed by atoms with E-state index in [-0.39, 0.29) is 6.61 Å². The molecular formula is C15H21NO4. The summed E-state index contributed by atoms with van der Waals surface area (Å²) in [5.74, 6) is -0.846. The van der Waals surface area contributed by atoms with Crippen LogP contribution in [0.25, 0.3) is 0 Å². The number of nitrogens with one attached hydrogen (secondary N) is 1. The molecule has 0 aliphatic rings. The summed E-state index contributed by atoms with van der Waals surface area (Å²) in [4.78, 5) is 22.6. The number of carboxylic acid groups (broad SMARTS) is 1. The quantitative estimate of drug-likeness (QED) is 0.801. The second kappa shape index (κ2) is 7.53. The molecule has 0 bridgehead atoms. The van der Waals surface area contributed by atoms with Crippen molar-refractivity contribution in [1.82, 2.24) is 5.32 Å². The molecule has 0 spiro atoms. The lowest BCUT2D eigenvalue weighted by molar-refractivity contribution is -0.142. The Morgan fingerprint density at radius 1 is 1.30 bits per heavy atom. The number of benzene rings is 1. The fourth-order valence-electron chi connectivity index (χ4n) is 1.73. The molecule has 5 heteroatoms. The first-order chi connectivity index (χ1) is 9.43. The highest BCUT2D eigenvalue weighted by Crippen LogP contribution is 2.16. The maximum Gasteiger partial charge on any atom is 0.326 e. The van der Waals surface area contributed by atoms with E-state index in [1.165, 1.54) is 0 Å². The highest BCUT2D eigenvalue weighted by atomic mass is 16.5. The van der Waals surface area contributed by atoms with Crippen LogP contribution in [-0.2, 0) is 9.59 Å². The Morgan fingerprint density at radius 3 is 2.55 bits per heavy atom. The third kappa shape index (κ3) is 4.91. The number of hydrogen-bond acceptors (Lipinski definition) is 3. The maximum absolute atomic E-state index is 11.7. The van der Waals surface area contributed by atoms with Gasteiger partial charge in [0.15, 0.2) is 6.61 Å². The highest BCUT2D eigenvalue weighted by molar-refractivity contribution is 5.84. The third-order valence-corrected chi connectivity index (χ3v) is 3.06. The summed E-state index contributed by atoms with van der Waals surface area (Å²) in [6, 6.07) is 4.70. The zero-order chi connectivity index (χ0) is 15.1. The zero-order valence-electron chi connectivity index (χ0n) is 12.1. The lowest BCUT2D eigenvalue weighted by Crippen LogP contribution is -2.42. The van der Waals surface area contributed by atoms with Gasteiger partial charge in [0.25, 0.3) is 5.91 Å². The van der Waals surface area contributed by atoms with E-state index in [1.807, 2.05) is 32.9 Å². The van der Waals surface area contributed by atoms with E-state index >= 15 is 0 Å². The van der Waals surface area contributed by atoms with Gasteiger partial charge in [0, 0.05) is 0 Å². The standard InChI is InChI=1S/C15H21NO4/c1-4-5-13(15(18)19)16-14(17)9-20-12-7-6-10(2)11(3)8-12/h6-8,13H,4-5,9H2,1-3H3,(H,16,17)(H,18,19)/t13-/m1/s1. The van der Waals surface area contributed by atoms with E-state index in [0.717, 1.165) is 11.1 Å². The number of carbonyl (C=O) groups is 2. The first-order valence-corrected chi connectivity index (χ1v) is 6.66. The van der Waals surface area contributed by atoms with E-state index < -0.39 is 17.9 Å². The van der Waals surface area contributed by atoms with Crippen LogP contribution in [0.3, 0.4) is 0 Å². The number of carboxylic acids is 1. The van der Waals surface area contributed by atoms with Gasteiger partial charge in [-0.1, -0.05) is 19.4 Å². The van der Waals surface area contributed by atoms with Crippen LogP contribution in [-0.4, -0.2) is 29.6 Å². The second-order valence-corrected chi connectivity index (χ2v) is 4.78. The molecule has 0 heterocycles. The van der Waals surface area contributed by atoms with Crippen LogP contribution in [0.15, 0.2) is 18.2 Å². The molecule has 1 atom stereocenters. The summed E-state index contributed by atoms with van der Waals surface area (Å²) in [7, 11) is 0. The van der Waals surface area contributed by atoms with Gasteiger partial charge in [-0.05, 0) is 43.5 Å². The largest absolute Gasteiger partial charge is 0.484 e. The first-order valence-electron chi connectivity index (χ1n) is 6.66. The second-order valence-electron chi connectivity index (χ2n) is 4.78. The van der Waals surface area contributed by atoms with E-state index in [4.69, 9.17) is 9.84 Å². The molecule has 0 saturated heterocycles. The van der Waals surface area contributed by atoms with Crippen LogP contribution in [0.4, 0.5) is 0 Å². The van der Waals surface area contributed by atoms with Crippen molar-refractivity contribution in [1.29, 1.82) is 0 Å². The van der Waals surface area contributed by atoms with Gasteiger partial charge < -0.3 is 15.2 Å². The molecule has 0 radical (unpaired) electrons. The van der Waals surface area contributed by atoms with Gasteiger partial charge in [0.1, 0.15) is 11.8 Å². The summed E-state index contributed by atoms with van der Waals surface area (Å²) < 4.78 is 5.36. The number of amides is 1. The van der Waals surface area contributed by atoms with E-state index in [0.29, 0.717) is 18.6 Å². The summed E-state index contributed by atoms with van der Waals surface area (Å²) >= 11 is 0. The fourth-order valence-corrected chi connectivity index (χ4v) is 1.73. The van der Waals surface area contributed by atoms with Crippen molar-refractivity contribution in [2.24, 2.45) is 0 Å². The van der Waals surface area contributed by atoms with Gasteiger partial charge >= 0.3 is 5.97 Å². The third-order valence-electron chi connectivity index (χ3n) is 3.06. The minimum Gasteiger partial charge on any atom is -0.484 e. The Morgan fingerprint density at radius 2 is 2.00 bits per heavy atom. The molecule has 0 aliphatic carbocycles. The molecule has 1 aromatic carbocycles. The minimum atomic E-state index is -1.02. The molecule has 0 aromatic heterocycles. The first kappa shape index (κ1) is 16.0. The summed E-state index contributed by atoms with van der Waals surface area (Å²) in [5, 5.41) is 11.4. The van der Waals surface area contributed by atoms with Crippen molar-refractivity contribution in [3.63, 3.8) is 0 Å². The number of hydrogen-bond donors (Lipinski definition) is 2. The number of rotatable bonds is 7. The van der Waals surface area contributed by atoms with Gasteiger partial charge in [-0.2, -0.15) is 0 Å². The average Bonchev–Trinajstić information content (AvgIpc) is 2.39. The van der Waals surface area contributed by atoms with E-state index in [2.05, 4.69) is 5.32 Å². The van der Waals surface area contributed by atoms with Crippen LogP contribution in [0.1, 0.15) is 30.9 Å². The van der Waals surface area contributed by atoms with Crippen molar-refractivity contribution >= 4 is 11.9 Å². The Labute approximate surface area is 118 Å². The van der Waals surface area contributed by atoms with E-state index in [9.17, 15) is 9.59 Å². The van der Waals surface area contributed by atoms with Crippen molar-refractivity contribution in [3.05, 3.63) is 29.3 Å². The average molecular weight is 279 g/mol. The van der Waals surface area contributed by atoms with Crippen molar-refractivity contribution in [3.8, 4) is 5.75 Å². The molecule has 2 N–H and O–H groups in total. The lowest BCUT2D eigenvalue weighted by atomic mass is 10.1. The lowest BCUT2D eigenvalue weighted by Gasteiger charge is -2.14. The van der Waals surface area contributed by atoms with Gasteiger partial charge in [-0.15, -0.1) is 0 Å². The van der Waals surface area contributed by atoms with Crippen LogP contribution in [0, 0.1) is 13.8 Å². The summed E-state index contributed by atoms with van der Waals surface area (Å²) in [5.41, 5.74) is 2.23. The fraction of sp³-hybridized carbons (Fsp3) is 0.467. The van der Waals surface area contributed by atoms with Gasteiger partial charge in [-0.3, -0.25) is 4.79 Å². The molecule has 0 saturated carbocycles. The smallest absolute Gasteiger partial charge is 0.326 e. The van der Waals surface area contributed by atoms with Crippen LogP contribution < -0.4 is 10.1 Å². The van der Waals surface area contributed by atoms with Gasteiger partial charge in [0.2, 0.25) is 0 Å². The monoisotopic (exact) mass is 279 g/mol.